The molecule has 2 rings (SSSR count). The second-order valence-electron chi connectivity index (χ2n) is 4.97. The Balaban J connectivity index is 0.00000162. The summed E-state index contributed by atoms with van der Waals surface area (Å²) in [6, 6.07) is 0.560. The van der Waals surface area contributed by atoms with Crippen molar-refractivity contribution in [2.24, 2.45) is 11.7 Å². The molecule has 2 atom stereocenters. The molecule has 0 spiro atoms. The van der Waals surface area contributed by atoms with Crippen LogP contribution in [0, 0.1) is 5.92 Å². The van der Waals surface area contributed by atoms with Crippen LogP contribution in [0.5, 0.6) is 0 Å². The average molecular weight is 275 g/mol. The van der Waals surface area contributed by atoms with Gasteiger partial charge >= 0.3 is 0 Å². The minimum atomic E-state index is 0. The zero-order chi connectivity index (χ0) is 12.3. The van der Waals surface area contributed by atoms with E-state index in [1.165, 1.54) is 6.42 Å². The maximum atomic E-state index is 5.72. The zero-order valence-electron chi connectivity index (χ0n) is 11.1. The molecule has 1 saturated heterocycles. The lowest BCUT2D eigenvalue weighted by Crippen LogP contribution is -2.27. The summed E-state index contributed by atoms with van der Waals surface area (Å²) in [6.45, 7) is 6.92. The molecule has 0 aromatic carbocycles. The van der Waals surface area contributed by atoms with Crippen molar-refractivity contribution in [3.8, 4) is 0 Å². The highest BCUT2D eigenvalue weighted by Crippen LogP contribution is 2.23. The molecule has 18 heavy (non-hydrogen) atoms. The summed E-state index contributed by atoms with van der Waals surface area (Å²) in [6.07, 6.45) is 3.12. The smallest absolute Gasteiger partial charge is 0.240 e. The minimum absolute atomic E-state index is 0. The van der Waals surface area contributed by atoms with E-state index >= 15 is 0 Å². The molecule has 1 aromatic heterocycles. The summed E-state index contributed by atoms with van der Waals surface area (Å²) in [5.74, 6) is 2.17. The first-order valence-corrected chi connectivity index (χ1v) is 6.48. The highest BCUT2D eigenvalue weighted by molar-refractivity contribution is 5.85. The van der Waals surface area contributed by atoms with Crippen LogP contribution in [0.2, 0.25) is 0 Å². The van der Waals surface area contributed by atoms with Gasteiger partial charge < -0.3 is 10.3 Å². The molecule has 0 amide bonds. The lowest BCUT2D eigenvalue weighted by molar-refractivity contribution is 0.218. The van der Waals surface area contributed by atoms with Gasteiger partial charge in [-0.2, -0.15) is 4.98 Å². The molecular weight excluding hydrogens is 252 g/mol. The maximum Gasteiger partial charge on any atom is 0.240 e. The molecule has 1 aromatic rings. The fourth-order valence-electron chi connectivity index (χ4n) is 2.46. The number of hydrogen-bond acceptors (Lipinski definition) is 5. The van der Waals surface area contributed by atoms with Crippen LogP contribution < -0.4 is 5.73 Å². The van der Waals surface area contributed by atoms with E-state index in [2.05, 4.69) is 28.9 Å². The molecule has 0 aliphatic carbocycles. The SMILES string of the molecule is CCCc1noc(CN2CC(CN)CC2C)n1.Cl. The number of halogens is 1. The summed E-state index contributed by atoms with van der Waals surface area (Å²) in [5.41, 5.74) is 5.72. The van der Waals surface area contributed by atoms with E-state index in [0.29, 0.717) is 12.0 Å². The molecule has 104 valence electrons. The van der Waals surface area contributed by atoms with Gasteiger partial charge in [0.15, 0.2) is 5.82 Å². The Kier molecular flexibility index (Phi) is 6.05. The van der Waals surface area contributed by atoms with Crippen LogP contribution >= 0.6 is 12.4 Å². The standard InChI is InChI=1S/C12H22N4O.ClH/c1-3-4-11-14-12(17-15-11)8-16-7-10(6-13)5-9(16)2;/h9-10H,3-8,13H2,1-2H3;1H. The third-order valence-electron chi connectivity index (χ3n) is 3.45. The Labute approximate surface area is 115 Å². The molecule has 0 bridgehead atoms. The van der Waals surface area contributed by atoms with Gasteiger partial charge in [0.1, 0.15) is 0 Å². The number of nitrogens with two attached hydrogens (primary N) is 1. The van der Waals surface area contributed by atoms with Crippen LogP contribution in [-0.2, 0) is 13.0 Å². The Morgan fingerprint density at radius 3 is 2.89 bits per heavy atom. The highest BCUT2D eigenvalue weighted by atomic mass is 35.5. The molecule has 2 unspecified atom stereocenters. The van der Waals surface area contributed by atoms with Gasteiger partial charge in [-0.15, -0.1) is 12.4 Å². The number of hydrogen-bond donors (Lipinski definition) is 1. The van der Waals surface area contributed by atoms with Crippen molar-refractivity contribution in [3.63, 3.8) is 0 Å². The Hall–Kier alpha value is -0.650. The largest absolute Gasteiger partial charge is 0.338 e. The van der Waals surface area contributed by atoms with Crippen molar-refractivity contribution in [2.75, 3.05) is 13.1 Å². The summed E-state index contributed by atoms with van der Waals surface area (Å²) >= 11 is 0. The van der Waals surface area contributed by atoms with Crippen molar-refractivity contribution >= 4 is 12.4 Å². The van der Waals surface area contributed by atoms with Crippen LogP contribution in [-0.4, -0.2) is 34.2 Å². The third-order valence-corrected chi connectivity index (χ3v) is 3.45. The highest BCUT2D eigenvalue weighted by Gasteiger charge is 2.29. The Morgan fingerprint density at radius 2 is 2.28 bits per heavy atom. The second kappa shape index (κ2) is 7.07. The van der Waals surface area contributed by atoms with Crippen LogP contribution in [0.1, 0.15) is 38.4 Å². The molecule has 5 nitrogen and oxygen atoms in total. The minimum Gasteiger partial charge on any atom is -0.338 e. The van der Waals surface area contributed by atoms with Crippen molar-refractivity contribution in [1.29, 1.82) is 0 Å². The van der Waals surface area contributed by atoms with Crippen LogP contribution in [0.4, 0.5) is 0 Å². The summed E-state index contributed by atoms with van der Waals surface area (Å²) in [4.78, 5) is 6.77. The molecule has 0 radical (unpaired) electrons. The van der Waals surface area contributed by atoms with Gasteiger partial charge in [-0.25, -0.2) is 0 Å². The number of aryl methyl sites for hydroxylation is 1. The number of aromatic nitrogens is 2. The van der Waals surface area contributed by atoms with Crippen molar-refractivity contribution < 1.29 is 4.52 Å². The molecule has 6 heteroatoms. The topological polar surface area (TPSA) is 68.2 Å². The second-order valence-corrected chi connectivity index (χ2v) is 4.97. The van der Waals surface area contributed by atoms with E-state index in [0.717, 1.165) is 44.2 Å². The predicted molar refractivity (Wildman–Crippen MR) is 72.6 cm³/mol. The van der Waals surface area contributed by atoms with Crippen molar-refractivity contribution in [2.45, 2.75) is 45.7 Å². The Bertz CT molecular complexity index is 358. The summed E-state index contributed by atoms with van der Waals surface area (Å²) in [7, 11) is 0. The van der Waals surface area contributed by atoms with Crippen LogP contribution in [0.3, 0.4) is 0 Å². The molecular formula is C12H23ClN4O. The van der Waals surface area contributed by atoms with Crippen LogP contribution in [0.25, 0.3) is 0 Å². The van der Waals surface area contributed by atoms with Gasteiger partial charge in [-0.05, 0) is 32.2 Å². The molecule has 0 saturated carbocycles. The summed E-state index contributed by atoms with van der Waals surface area (Å²) in [5, 5.41) is 3.97. The number of likely N-dealkylation sites (tertiary alicyclic amines) is 1. The molecule has 2 heterocycles. The van der Waals surface area contributed by atoms with E-state index in [1.807, 2.05) is 0 Å². The number of nitrogens with zero attached hydrogens (tertiary/aromatic N) is 3. The Morgan fingerprint density at radius 1 is 1.50 bits per heavy atom. The quantitative estimate of drug-likeness (QED) is 0.884. The normalized spacial score (nSPS) is 24.2. The summed E-state index contributed by atoms with van der Waals surface area (Å²) < 4.78 is 5.26. The van der Waals surface area contributed by atoms with E-state index in [4.69, 9.17) is 10.3 Å². The van der Waals surface area contributed by atoms with Crippen molar-refractivity contribution in [3.05, 3.63) is 11.7 Å². The van der Waals surface area contributed by atoms with Gasteiger partial charge in [0.05, 0.1) is 6.54 Å². The van der Waals surface area contributed by atoms with Gasteiger partial charge in [0, 0.05) is 19.0 Å². The first kappa shape index (κ1) is 15.4. The third kappa shape index (κ3) is 3.67. The van der Waals surface area contributed by atoms with E-state index < -0.39 is 0 Å². The first-order valence-electron chi connectivity index (χ1n) is 6.48. The number of rotatable bonds is 5. The van der Waals surface area contributed by atoms with Gasteiger partial charge in [0.2, 0.25) is 5.89 Å². The average Bonchev–Trinajstić information content (AvgIpc) is 2.88. The maximum absolute atomic E-state index is 5.72. The molecule has 1 fully saturated rings. The predicted octanol–water partition coefficient (Wildman–Crippen LogP) is 1.61. The molecule has 1 aliphatic rings. The van der Waals surface area contributed by atoms with E-state index in [9.17, 15) is 0 Å². The monoisotopic (exact) mass is 274 g/mol. The molecule has 1 aliphatic heterocycles. The molecule has 2 N–H and O–H groups in total. The van der Waals surface area contributed by atoms with E-state index in [-0.39, 0.29) is 12.4 Å². The fourth-order valence-corrected chi connectivity index (χ4v) is 2.46. The lowest BCUT2D eigenvalue weighted by atomic mass is 10.1. The zero-order valence-corrected chi connectivity index (χ0v) is 11.9. The van der Waals surface area contributed by atoms with Crippen LogP contribution in [0.15, 0.2) is 4.52 Å². The fraction of sp³-hybridized carbons (Fsp3) is 0.833. The van der Waals surface area contributed by atoms with Gasteiger partial charge in [-0.3, -0.25) is 4.90 Å². The van der Waals surface area contributed by atoms with E-state index in [1.54, 1.807) is 0 Å². The lowest BCUT2D eigenvalue weighted by Gasteiger charge is -2.18. The van der Waals surface area contributed by atoms with Crippen molar-refractivity contribution in [1.82, 2.24) is 15.0 Å². The van der Waals surface area contributed by atoms with Gasteiger partial charge in [-0.1, -0.05) is 12.1 Å². The first-order chi connectivity index (χ1) is 8.22. The van der Waals surface area contributed by atoms with Gasteiger partial charge in [0.25, 0.3) is 0 Å².